The van der Waals surface area contributed by atoms with Gasteiger partial charge in [0, 0.05) is 0 Å². The highest BCUT2D eigenvalue weighted by Crippen LogP contribution is 2.59. The molecule has 4 aliphatic rings. The minimum absolute atomic E-state index is 0.566. The van der Waals surface area contributed by atoms with Crippen LogP contribution < -0.4 is 0 Å². The van der Waals surface area contributed by atoms with Gasteiger partial charge in [0.15, 0.2) is 0 Å². The zero-order chi connectivity index (χ0) is 8.89. The summed E-state index contributed by atoms with van der Waals surface area (Å²) in [5.74, 6) is 3.13. The zero-order valence-electron chi connectivity index (χ0n) is 8.30. The van der Waals surface area contributed by atoms with Gasteiger partial charge in [0.25, 0.3) is 0 Å². The molecule has 0 aromatic heterocycles. The Morgan fingerprint density at radius 1 is 1.00 bits per heavy atom. The summed E-state index contributed by atoms with van der Waals surface area (Å²) in [5, 5.41) is 0. The fourth-order valence-corrected chi connectivity index (χ4v) is 4.68. The lowest BCUT2D eigenvalue weighted by Crippen LogP contribution is -2.47. The topological polar surface area (TPSA) is 9.23 Å². The normalized spacial score (nSPS) is 52.8. The van der Waals surface area contributed by atoms with Crippen molar-refractivity contribution in [2.24, 2.45) is 23.2 Å². The lowest BCUT2D eigenvalue weighted by molar-refractivity contribution is -0.0831. The van der Waals surface area contributed by atoms with Crippen LogP contribution in [-0.4, -0.2) is 6.61 Å². The maximum absolute atomic E-state index is 5.18. The molecule has 13 heavy (non-hydrogen) atoms. The summed E-state index contributed by atoms with van der Waals surface area (Å²) in [4.78, 5) is 0. The molecular weight excluding hydrogens is 160 g/mol. The van der Waals surface area contributed by atoms with Crippen molar-refractivity contribution < 1.29 is 4.74 Å². The molecule has 0 atom stereocenters. The van der Waals surface area contributed by atoms with Crippen molar-refractivity contribution in [3.63, 3.8) is 0 Å². The van der Waals surface area contributed by atoms with Gasteiger partial charge in [-0.25, -0.2) is 0 Å². The van der Waals surface area contributed by atoms with Crippen LogP contribution in [0.4, 0.5) is 0 Å². The van der Waals surface area contributed by atoms with E-state index in [2.05, 4.69) is 7.11 Å². The SMILES string of the molecule is [CH2]OCC12CC3CC(CC(C3)C1)C2. The van der Waals surface area contributed by atoms with Gasteiger partial charge in [0.1, 0.15) is 0 Å². The summed E-state index contributed by atoms with van der Waals surface area (Å²) < 4.78 is 5.18. The van der Waals surface area contributed by atoms with Crippen molar-refractivity contribution in [1.29, 1.82) is 0 Å². The molecule has 0 aromatic carbocycles. The van der Waals surface area contributed by atoms with Crippen LogP contribution in [0.2, 0.25) is 0 Å². The predicted molar refractivity (Wildman–Crippen MR) is 51.9 cm³/mol. The first-order valence-corrected chi connectivity index (χ1v) is 5.67. The first-order valence-electron chi connectivity index (χ1n) is 5.67. The quantitative estimate of drug-likeness (QED) is 0.633. The van der Waals surface area contributed by atoms with Gasteiger partial charge < -0.3 is 4.74 Å². The highest BCUT2D eigenvalue weighted by Gasteiger charge is 2.50. The Labute approximate surface area is 80.8 Å². The van der Waals surface area contributed by atoms with Gasteiger partial charge in [-0.15, -0.1) is 0 Å². The third-order valence-corrected chi connectivity index (χ3v) is 4.57. The van der Waals surface area contributed by atoms with Crippen LogP contribution in [0.1, 0.15) is 38.5 Å². The molecule has 0 spiro atoms. The summed E-state index contributed by atoms with van der Waals surface area (Å²) >= 11 is 0. The van der Waals surface area contributed by atoms with Crippen molar-refractivity contribution in [2.45, 2.75) is 38.5 Å². The van der Waals surface area contributed by atoms with E-state index in [4.69, 9.17) is 4.74 Å². The van der Waals surface area contributed by atoms with Gasteiger partial charge in [0.05, 0.1) is 13.7 Å². The molecule has 4 rings (SSSR count). The van der Waals surface area contributed by atoms with Gasteiger partial charge in [-0.3, -0.25) is 0 Å². The lowest BCUT2D eigenvalue weighted by atomic mass is 9.50. The molecule has 0 heterocycles. The Bertz CT molecular complexity index is 174. The predicted octanol–water partition coefficient (Wildman–Crippen LogP) is 3.01. The lowest BCUT2D eigenvalue weighted by Gasteiger charge is -2.56. The van der Waals surface area contributed by atoms with Crippen LogP contribution in [0.25, 0.3) is 0 Å². The highest BCUT2D eigenvalue weighted by molar-refractivity contribution is 5.01. The molecule has 1 nitrogen and oxygen atoms in total. The summed E-state index contributed by atoms with van der Waals surface area (Å²) in [6.07, 6.45) is 8.89. The van der Waals surface area contributed by atoms with Crippen LogP contribution >= 0.6 is 0 Å². The second-order valence-electron chi connectivity index (χ2n) is 5.77. The van der Waals surface area contributed by atoms with Crippen LogP contribution in [0.3, 0.4) is 0 Å². The maximum Gasteiger partial charge on any atom is 0.0700 e. The number of hydrogen-bond donors (Lipinski definition) is 0. The molecule has 73 valence electrons. The van der Waals surface area contributed by atoms with E-state index >= 15 is 0 Å². The van der Waals surface area contributed by atoms with E-state index in [-0.39, 0.29) is 0 Å². The van der Waals surface area contributed by atoms with Gasteiger partial charge in [0.2, 0.25) is 0 Å². The van der Waals surface area contributed by atoms with Crippen molar-refractivity contribution >= 4 is 0 Å². The summed E-state index contributed by atoms with van der Waals surface area (Å²) in [7, 11) is 3.56. The van der Waals surface area contributed by atoms with Crippen LogP contribution in [-0.2, 0) is 4.74 Å². The van der Waals surface area contributed by atoms with E-state index in [9.17, 15) is 0 Å². The van der Waals surface area contributed by atoms with E-state index in [1.54, 1.807) is 0 Å². The Hall–Kier alpha value is -0.0400. The summed E-state index contributed by atoms with van der Waals surface area (Å²) in [5.41, 5.74) is 0.566. The minimum atomic E-state index is 0.566. The van der Waals surface area contributed by atoms with Crippen LogP contribution in [0, 0.1) is 30.3 Å². The van der Waals surface area contributed by atoms with E-state index in [1.165, 1.54) is 38.5 Å². The minimum Gasteiger partial charge on any atom is -0.378 e. The highest BCUT2D eigenvalue weighted by atomic mass is 16.5. The number of ether oxygens (including phenoxy) is 1. The number of rotatable bonds is 2. The smallest absolute Gasteiger partial charge is 0.0700 e. The fraction of sp³-hybridized carbons (Fsp3) is 0.917. The van der Waals surface area contributed by atoms with Gasteiger partial charge in [-0.05, 0) is 61.7 Å². The molecule has 0 N–H and O–H groups in total. The molecule has 0 aliphatic heterocycles. The molecule has 0 aromatic rings. The van der Waals surface area contributed by atoms with E-state index < -0.39 is 0 Å². The summed E-state index contributed by atoms with van der Waals surface area (Å²) in [6.45, 7) is 0.927. The van der Waals surface area contributed by atoms with Crippen LogP contribution in [0.15, 0.2) is 0 Å². The molecule has 0 saturated heterocycles. The third-order valence-electron chi connectivity index (χ3n) is 4.57. The van der Waals surface area contributed by atoms with Crippen molar-refractivity contribution in [1.82, 2.24) is 0 Å². The molecule has 4 aliphatic carbocycles. The molecule has 1 radical (unpaired) electrons. The van der Waals surface area contributed by atoms with Crippen LogP contribution in [0.5, 0.6) is 0 Å². The Balaban J connectivity index is 1.83. The second-order valence-corrected chi connectivity index (χ2v) is 5.77. The molecule has 4 saturated carbocycles. The fourth-order valence-electron chi connectivity index (χ4n) is 4.68. The molecular formula is C12H19O. The first kappa shape index (κ1) is 8.28. The zero-order valence-corrected chi connectivity index (χ0v) is 8.30. The molecule has 0 amide bonds. The Kier molecular flexibility index (Phi) is 1.74. The first-order chi connectivity index (χ1) is 6.30. The molecule has 4 bridgehead atoms. The van der Waals surface area contributed by atoms with Gasteiger partial charge >= 0.3 is 0 Å². The van der Waals surface area contributed by atoms with Gasteiger partial charge in [-0.1, -0.05) is 0 Å². The van der Waals surface area contributed by atoms with Crippen molar-refractivity contribution in [3.8, 4) is 0 Å². The number of hydrogen-bond acceptors (Lipinski definition) is 1. The summed E-state index contributed by atoms with van der Waals surface area (Å²) in [6, 6.07) is 0. The maximum atomic E-state index is 5.18. The van der Waals surface area contributed by atoms with E-state index in [1.807, 2.05) is 0 Å². The molecule has 1 heteroatoms. The average Bonchev–Trinajstić information content (AvgIpc) is 2.00. The Morgan fingerprint density at radius 2 is 1.46 bits per heavy atom. The average molecular weight is 179 g/mol. The van der Waals surface area contributed by atoms with E-state index in [0.29, 0.717) is 5.41 Å². The largest absolute Gasteiger partial charge is 0.378 e. The molecule has 4 fully saturated rings. The monoisotopic (exact) mass is 179 g/mol. The Morgan fingerprint density at radius 3 is 1.85 bits per heavy atom. The molecule has 0 unspecified atom stereocenters. The second kappa shape index (κ2) is 2.73. The third kappa shape index (κ3) is 1.24. The van der Waals surface area contributed by atoms with Crippen molar-refractivity contribution in [2.75, 3.05) is 6.61 Å². The van der Waals surface area contributed by atoms with E-state index in [0.717, 1.165) is 24.4 Å². The standard InChI is InChI=1S/C12H19O/c1-13-8-12-5-9-2-10(6-12)4-11(3-9)7-12/h9-11H,1-8H2. The van der Waals surface area contributed by atoms with Crippen molar-refractivity contribution in [3.05, 3.63) is 7.11 Å². The van der Waals surface area contributed by atoms with Gasteiger partial charge in [-0.2, -0.15) is 0 Å².